The highest BCUT2D eigenvalue weighted by molar-refractivity contribution is 9.11. The maximum Gasteiger partial charge on any atom is 0.262 e. The molecule has 1 aromatic carbocycles. The summed E-state index contributed by atoms with van der Waals surface area (Å²) in [5, 5.41) is 7.50. The summed E-state index contributed by atoms with van der Waals surface area (Å²) >= 11 is 4.81. The van der Waals surface area contributed by atoms with E-state index in [1.54, 1.807) is 17.5 Å². The van der Waals surface area contributed by atoms with Gasteiger partial charge in [-0.25, -0.2) is 0 Å². The Bertz CT molecular complexity index is 744. The molecule has 0 fully saturated rings. The molecule has 3 rings (SSSR count). The van der Waals surface area contributed by atoms with Gasteiger partial charge in [0.15, 0.2) is 6.61 Å². The van der Waals surface area contributed by atoms with E-state index in [0.29, 0.717) is 17.0 Å². The minimum atomic E-state index is -0.185. The zero-order valence-corrected chi connectivity index (χ0v) is 14.1. The largest absolute Gasteiger partial charge is 0.482 e. The molecule has 22 heavy (non-hydrogen) atoms. The number of benzene rings is 1. The molecule has 0 saturated heterocycles. The van der Waals surface area contributed by atoms with Crippen LogP contribution >= 0.6 is 27.3 Å². The van der Waals surface area contributed by atoms with Crippen LogP contribution in [0.2, 0.25) is 0 Å². The van der Waals surface area contributed by atoms with E-state index >= 15 is 0 Å². The first-order valence-electron chi connectivity index (χ1n) is 6.64. The van der Waals surface area contributed by atoms with Gasteiger partial charge in [0, 0.05) is 5.38 Å². The summed E-state index contributed by atoms with van der Waals surface area (Å²) in [5.74, 6) is 0.334. The van der Waals surface area contributed by atoms with Crippen LogP contribution in [0.25, 0.3) is 0 Å². The molecule has 0 radical (unpaired) electrons. The molecule has 0 bridgehead atoms. The lowest BCUT2D eigenvalue weighted by Gasteiger charge is -2.20. The predicted molar refractivity (Wildman–Crippen MR) is 88.5 cm³/mol. The molecule has 114 valence electrons. The van der Waals surface area contributed by atoms with Gasteiger partial charge in [-0.2, -0.15) is 0 Å². The van der Waals surface area contributed by atoms with Gasteiger partial charge in [0.2, 0.25) is 0 Å². The maximum atomic E-state index is 12.2. The molecule has 0 aliphatic carbocycles. The number of halogens is 1. The number of thiophene rings is 1. The molecular weight excluding hydrogens is 368 g/mol. The minimum Gasteiger partial charge on any atom is -0.482 e. The van der Waals surface area contributed by atoms with Crippen LogP contribution in [-0.2, 0) is 4.79 Å². The number of carbonyl (C=O) groups is 2. The van der Waals surface area contributed by atoms with E-state index in [9.17, 15) is 9.59 Å². The molecule has 0 saturated carbocycles. The van der Waals surface area contributed by atoms with Crippen LogP contribution in [0.4, 0.5) is 5.69 Å². The van der Waals surface area contributed by atoms with E-state index in [1.165, 1.54) is 11.3 Å². The van der Waals surface area contributed by atoms with Crippen molar-refractivity contribution in [3.8, 4) is 5.75 Å². The van der Waals surface area contributed by atoms with Gasteiger partial charge in [0.25, 0.3) is 11.8 Å². The van der Waals surface area contributed by atoms with E-state index < -0.39 is 0 Å². The van der Waals surface area contributed by atoms with Crippen molar-refractivity contribution in [2.75, 3.05) is 11.9 Å². The second kappa shape index (κ2) is 6.10. The zero-order valence-electron chi connectivity index (χ0n) is 11.7. The first kappa shape index (κ1) is 15.1. The molecule has 1 unspecified atom stereocenters. The second-order valence-corrected chi connectivity index (χ2v) is 7.22. The highest BCUT2D eigenvalue weighted by atomic mass is 79.9. The lowest BCUT2D eigenvalue weighted by Crippen LogP contribution is -2.27. The topological polar surface area (TPSA) is 67.4 Å². The number of carbonyl (C=O) groups excluding carboxylic acids is 2. The first-order chi connectivity index (χ1) is 10.5. The van der Waals surface area contributed by atoms with Crippen molar-refractivity contribution >= 4 is 44.8 Å². The van der Waals surface area contributed by atoms with Crippen LogP contribution in [0, 0.1) is 0 Å². The molecule has 0 spiro atoms. The van der Waals surface area contributed by atoms with E-state index in [0.717, 1.165) is 9.35 Å². The van der Waals surface area contributed by atoms with Gasteiger partial charge in [0.1, 0.15) is 5.75 Å². The Labute approximate surface area is 139 Å². The maximum absolute atomic E-state index is 12.2. The van der Waals surface area contributed by atoms with Gasteiger partial charge in [-0.1, -0.05) is 6.07 Å². The fraction of sp³-hybridized carbons (Fsp3) is 0.200. The van der Waals surface area contributed by atoms with E-state index in [1.807, 2.05) is 19.1 Å². The van der Waals surface area contributed by atoms with Gasteiger partial charge in [-0.3, -0.25) is 9.59 Å². The molecule has 1 aromatic heterocycles. The molecule has 2 N–H and O–H groups in total. The van der Waals surface area contributed by atoms with Crippen LogP contribution in [0.5, 0.6) is 5.75 Å². The fourth-order valence-electron chi connectivity index (χ4n) is 2.16. The molecule has 7 heteroatoms. The lowest BCUT2D eigenvalue weighted by atomic mass is 10.1. The Hall–Kier alpha value is -1.86. The predicted octanol–water partition coefficient (Wildman–Crippen LogP) is 3.33. The number of rotatable bonds is 3. The number of hydrogen-bond donors (Lipinski definition) is 2. The average molecular weight is 381 g/mol. The second-order valence-electron chi connectivity index (χ2n) is 4.93. The number of anilines is 1. The van der Waals surface area contributed by atoms with Gasteiger partial charge in [-0.05, 0) is 46.6 Å². The van der Waals surface area contributed by atoms with Crippen molar-refractivity contribution in [3.05, 3.63) is 44.6 Å². The van der Waals surface area contributed by atoms with Gasteiger partial charge < -0.3 is 15.4 Å². The monoisotopic (exact) mass is 380 g/mol. The first-order valence-corrected chi connectivity index (χ1v) is 8.31. The molecule has 5 nitrogen and oxygen atoms in total. The van der Waals surface area contributed by atoms with Crippen LogP contribution in [0.1, 0.15) is 28.9 Å². The van der Waals surface area contributed by atoms with Gasteiger partial charge in [0.05, 0.1) is 21.1 Å². The molecule has 2 heterocycles. The highest BCUT2D eigenvalue weighted by Crippen LogP contribution is 2.30. The Morgan fingerprint density at radius 3 is 3.00 bits per heavy atom. The minimum absolute atomic E-state index is 0.0334. The summed E-state index contributed by atoms with van der Waals surface area (Å²) in [7, 11) is 0. The molecule has 1 atom stereocenters. The number of ether oxygens (including phenoxy) is 1. The van der Waals surface area contributed by atoms with E-state index in [4.69, 9.17) is 4.74 Å². The Balaban J connectivity index is 1.75. The fourth-order valence-corrected chi connectivity index (χ4v) is 3.30. The van der Waals surface area contributed by atoms with Crippen molar-refractivity contribution in [2.45, 2.75) is 13.0 Å². The van der Waals surface area contributed by atoms with Crippen LogP contribution in [0.15, 0.2) is 33.4 Å². The Morgan fingerprint density at radius 1 is 1.45 bits per heavy atom. The Morgan fingerprint density at radius 2 is 2.27 bits per heavy atom. The van der Waals surface area contributed by atoms with Crippen LogP contribution in [0.3, 0.4) is 0 Å². The summed E-state index contributed by atoms with van der Waals surface area (Å²) in [6.45, 7) is 1.93. The summed E-state index contributed by atoms with van der Waals surface area (Å²) < 4.78 is 6.24. The van der Waals surface area contributed by atoms with Crippen molar-refractivity contribution in [1.82, 2.24) is 5.32 Å². The number of nitrogens with one attached hydrogen (secondary N) is 2. The van der Waals surface area contributed by atoms with Crippen LogP contribution < -0.4 is 15.4 Å². The third-order valence-corrected chi connectivity index (χ3v) is 4.82. The smallest absolute Gasteiger partial charge is 0.262 e. The van der Waals surface area contributed by atoms with Gasteiger partial charge in [-0.15, -0.1) is 11.3 Å². The summed E-state index contributed by atoms with van der Waals surface area (Å²) in [4.78, 5) is 23.5. The highest BCUT2D eigenvalue weighted by Gasteiger charge is 2.18. The van der Waals surface area contributed by atoms with E-state index in [-0.39, 0.29) is 24.5 Å². The summed E-state index contributed by atoms with van der Waals surface area (Å²) in [6, 6.07) is 7.10. The third kappa shape index (κ3) is 3.15. The zero-order chi connectivity index (χ0) is 15.7. The molecule has 1 aliphatic rings. The lowest BCUT2D eigenvalue weighted by molar-refractivity contribution is -0.118. The number of fused-ring (bicyclic) bond motifs is 1. The van der Waals surface area contributed by atoms with Gasteiger partial charge >= 0.3 is 0 Å². The standard InChI is InChI=1S/C15H13BrN2O3S/c1-8(17-15(20)10-5-13(16)22-7-10)9-2-3-12-11(4-9)18-14(19)6-21-12/h2-5,7-8H,6H2,1H3,(H,17,20)(H,18,19). The molecule has 1 aliphatic heterocycles. The number of amides is 2. The van der Waals surface area contributed by atoms with E-state index in [2.05, 4.69) is 26.6 Å². The summed E-state index contributed by atoms with van der Waals surface area (Å²) in [6.07, 6.45) is 0. The van der Waals surface area contributed by atoms with Crippen molar-refractivity contribution in [2.24, 2.45) is 0 Å². The van der Waals surface area contributed by atoms with Crippen molar-refractivity contribution in [3.63, 3.8) is 0 Å². The summed E-state index contributed by atoms with van der Waals surface area (Å²) in [5.41, 5.74) is 2.15. The molecule has 2 aromatic rings. The van der Waals surface area contributed by atoms with Crippen molar-refractivity contribution in [1.29, 1.82) is 0 Å². The number of hydrogen-bond acceptors (Lipinski definition) is 4. The molecule has 2 amide bonds. The third-order valence-electron chi connectivity index (χ3n) is 3.31. The average Bonchev–Trinajstić information content (AvgIpc) is 2.93. The van der Waals surface area contributed by atoms with Crippen LogP contribution in [-0.4, -0.2) is 18.4 Å². The van der Waals surface area contributed by atoms with Crippen molar-refractivity contribution < 1.29 is 14.3 Å². The SMILES string of the molecule is CC(NC(=O)c1csc(Br)c1)c1ccc2c(c1)NC(=O)CO2. The normalized spacial score (nSPS) is 14.5. The Kier molecular flexibility index (Phi) is 4.17. The molecular formula is C15H13BrN2O3S. The quantitative estimate of drug-likeness (QED) is 0.857.